The summed E-state index contributed by atoms with van der Waals surface area (Å²) in [5.41, 5.74) is -7.62. The molecule has 1 aliphatic rings. The molecule has 192 valence electrons. The van der Waals surface area contributed by atoms with Gasteiger partial charge in [-0.25, -0.2) is 9.18 Å². The van der Waals surface area contributed by atoms with Crippen LogP contribution in [0.2, 0.25) is 0 Å². The standard InChI is InChI=1S/C19H10F11NO3S/c1-34-12(32)10-9(8-5-3-2-4-6-8)7-35-11(10)31-13(33)14(20)15(21,22)17(25,26)19(29,30)18(27,28)16(14,23)24/h2-7H,1H3,(H,31,33). The predicted molar refractivity (Wildman–Crippen MR) is 98.3 cm³/mol. The SMILES string of the molecule is COC(=O)c1c(-c2ccccc2)csc1NC(=O)C1(F)C(F)(F)C(F)(F)C(F)(F)C(F)(F)C1(F)F. The lowest BCUT2D eigenvalue weighted by Gasteiger charge is -2.51. The molecule has 4 nitrogen and oxygen atoms in total. The van der Waals surface area contributed by atoms with Crippen LogP contribution in [0.3, 0.4) is 0 Å². The molecule has 2 aromatic rings. The van der Waals surface area contributed by atoms with Crippen molar-refractivity contribution in [2.75, 3.05) is 12.4 Å². The first-order valence-electron chi connectivity index (χ1n) is 8.99. The van der Waals surface area contributed by atoms with E-state index in [0.717, 1.165) is 17.8 Å². The number of amides is 1. The Morgan fingerprint density at radius 1 is 0.771 bits per heavy atom. The van der Waals surface area contributed by atoms with E-state index in [-0.39, 0.29) is 22.5 Å². The second kappa shape index (κ2) is 7.80. The molecule has 0 bridgehead atoms. The first kappa shape index (κ1) is 26.7. The van der Waals surface area contributed by atoms with E-state index in [1.165, 1.54) is 30.3 Å². The van der Waals surface area contributed by atoms with Crippen molar-refractivity contribution in [1.82, 2.24) is 0 Å². The maximum Gasteiger partial charge on any atom is 0.384 e. The molecule has 0 radical (unpaired) electrons. The molecule has 1 heterocycles. The van der Waals surface area contributed by atoms with Gasteiger partial charge in [0, 0.05) is 10.9 Å². The van der Waals surface area contributed by atoms with E-state index in [4.69, 9.17) is 0 Å². The topological polar surface area (TPSA) is 55.4 Å². The number of nitrogens with one attached hydrogen (secondary N) is 1. The number of methoxy groups -OCH3 is 1. The van der Waals surface area contributed by atoms with Crippen molar-refractivity contribution in [3.05, 3.63) is 41.3 Å². The Labute approximate surface area is 191 Å². The number of alkyl halides is 11. The van der Waals surface area contributed by atoms with Crippen molar-refractivity contribution < 1.29 is 62.6 Å². The van der Waals surface area contributed by atoms with Crippen LogP contribution in [0.5, 0.6) is 0 Å². The molecule has 1 fully saturated rings. The largest absolute Gasteiger partial charge is 0.465 e. The molecule has 0 saturated heterocycles. The fraction of sp³-hybridized carbons (Fsp3) is 0.368. The average Bonchev–Trinajstić information content (AvgIpc) is 3.20. The predicted octanol–water partition coefficient (Wildman–Crippen LogP) is 6.04. The van der Waals surface area contributed by atoms with Crippen molar-refractivity contribution in [2.24, 2.45) is 0 Å². The Morgan fingerprint density at radius 3 is 1.69 bits per heavy atom. The summed E-state index contributed by atoms with van der Waals surface area (Å²) in [6.45, 7) is 0. The van der Waals surface area contributed by atoms with Crippen LogP contribution in [0, 0.1) is 0 Å². The molecule has 35 heavy (non-hydrogen) atoms. The average molecular weight is 541 g/mol. The van der Waals surface area contributed by atoms with Crippen molar-refractivity contribution in [2.45, 2.75) is 35.3 Å². The number of benzene rings is 1. The van der Waals surface area contributed by atoms with E-state index in [1.54, 1.807) is 0 Å². The van der Waals surface area contributed by atoms with Gasteiger partial charge < -0.3 is 10.1 Å². The number of rotatable bonds is 4. The number of hydrogen-bond acceptors (Lipinski definition) is 4. The first-order valence-corrected chi connectivity index (χ1v) is 9.87. The van der Waals surface area contributed by atoms with E-state index in [9.17, 15) is 57.9 Å². The van der Waals surface area contributed by atoms with Crippen LogP contribution in [0.1, 0.15) is 10.4 Å². The third-order valence-electron chi connectivity index (χ3n) is 5.25. The Morgan fingerprint density at radius 2 is 1.23 bits per heavy atom. The molecule has 0 aliphatic heterocycles. The summed E-state index contributed by atoms with van der Waals surface area (Å²) < 4.78 is 157. The van der Waals surface area contributed by atoms with Gasteiger partial charge in [0.25, 0.3) is 5.91 Å². The van der Waals surface area contributed by atoms with Crippen molar-refractivity contribution >= 4 is 28.2 Å². The summed E-state index contributed by atoms with van der Waals surface area (Å²) in [6, 6.07) is 7.13. The number of esters is 1. The van der Waals surface area contributed by atoms with Crippen molar-refractivity contribution in [1.29, 1.82) is 0 Å². The van der Waals surface area contributed by atoms with E-state index >= 15 is 0 Å². The Kier molecular flexibility index (Phi) is 5.94. The number of anilines is 1. The summed E-state index contributed by atoms with van der Waals surface area (Å²) in [4.78, 5) is 24.4. The van der Waals surface area contributed by atoms with Gasteiger partial charge in [0.15, 0.2) is 0 Å². The van der Waals surface area contributed by atoms with Gasteiger partial charge in [-0.2, -0.15) is 43.9 Å². The molecule has 1 aromatic carbocycles. The number of carbonyl (C=O) groups excluding carboxylic acids is 2. The minimum atomic E-state index is -7.45. The summed E-state index contributed by atoms with van der Waals surface area (Å²) in [5.74, 6) is -41.9. The zero-order chi connectivity index (χ0) is 26.8. The number of hydrogen-bond donors (Lipinski definition) is 1. The van der Waals surface area contributed by atoms with Gasteiger partial charge in [0.1, 0.15) is 10.6 Å². The molecular formula is C19H10F11NO3S. The molecule has 0 spiro atoms. The minimum absolute atomic E-state index is 0.144. The quantitative estimate of drug-likeness (QED) is 0.380. The van der Waals surface area contributed by atoms with Gasteiger partial charge >= 0.3 is 41.3 Å². The van der Waals surface area contributed by atoms with Crippen LogP contribution >= 0.6 is 11.3 Å². The highest BCUT2D eigenvalue weighted by atomic mass is 32.1. The van der Waals surface area contributed by atoms with Crippen LogP contribution in [-0.2, 0) is 9.53 Å². The first-order chi connectivity index (χ1) is 15.8. The van der Waals surface area contributed by atoms with Crippen molar-refractivity contribution in [3.8, 4) is 11.1 Å². The lowest BCUT2D eigenvalue weighted by molar-refractivity contribution is -0.475. The smallest absolute Gasteiger partial charge is 0.384 e. The van der Waals surface area contributed by atoms with Gasteiger partial charge in [-0.05, 0) is 5.56 Å². The van der Waals surface area contributed by atoms with E-state index in [1.807, 2.05) is 0 Å². The number of halogens is 11. The van der Waals surface area contributed by atoms with Gasteiger partial charge in [-0.15, -0.1) is 11.3 Å². The fourth-order valence-electron chi connectivity index (χ4n) is 3.28. The molecule has 1 amide bonds. The number of thiophene rings is 1. The maximum absolute atomic E-state index is 15.0. The third kappa shape index (κ3) is 3.10. The fourth-order valence-corrected chi connectivity index (χ4v) is 4.23. The van der Waals surface area contributed by atoms with Gasteiger partial charge in [0.2, 0.25) is 0 Å². The molecule has 1 aliphatic carbocycles. The summed E-state index contributed by atoms with van der Waals surface area (Å²) in [7, 11) is 0.781. The zero-order valence-corrected chi connectivity index (χ0v) is 17.6. The van der Waals surface area contributed by atoms with Crippen LogP contribution in [0.25, 0.3) is 11.1 Å². The lowest BCUT2D eigenvalue weighted by Crippen LogP contribution is -2.86. The highest BCUT2D eigenvalue weighted by Gasteiger charge is 3.02. The van der Waals surface area contributed by atoms with Gasteiger partial charge in [-0.1, -0.05) is 30.3 Å². The van der Waals surface area contributed by atoms with Crippen LogP contribution in [0.15, 0.2) is 35.7 Å². The van der Waals surface area contributed by atoms with Crippen molar-refractivity contribution in [3.63, 3.8) is 0 Å². The van der Waals surface area contributed by atoms with Gasteiger partial charge in [0.05, 0.1) is 7.11 Å². The highest BCUT2D eigenvalue weighted by Crippen LogP contribution is 2.69. The Balaban J connectivity index is 2.18. The van der Waals surface area contributed by atoms with Gasteiger partial charge in [-0.3, -0.25) is 4.79 Å². The molecule has 1 saturated carbocycles. The molecule has 3 rings (SSSR count). The Bertz CT molecular complexity index is 1130. The third-order valence-corrected chi connectivity index (χ3v) is 6.14. The van der Waals surface area contributed by atoms with E-state index in [0.29, 0.717) is 0 Å². The summed E-state index contributed by atoms with van der Waals surface area (Å²) in [6.07, 6.45) is 0. The summed E-state index contributed by atoms with van der Waals surface area (Å²) >= 11 is 0.193. The monoisotopic (exact) mass is 541 g/mol. The van der Waals surface area contributed by atoms with E-state index in [2.05, 4.69) is 4.74 Å². The lowest BCUT2D eigenvalue weighted by atomic mass is 9.71. The molecule has 0 atom stereocenters. The number of ether oxygens (including phenoxy) is 1. The normalized spacial score (nSPS) is 22.7. The van der Waals surface area contributed by atoms with Crippen LogP contribution < -0.4 is 5.32 Å². The van der Waals surface area contributed by atoms with Crippen LogP contribution in [0.4, 0.5) is 53.3 Å². The second-order valence-electron chi connectivity index (χ2n) is 7.20. The molecule has 1 N–H and O–H groups in total. The minimum Gasteiger partial charge on any atom is -0.465 e. The molecular weight excluding hydrogens is 531 g/mol. The summed E-state index contributed by atoms with van der Waals surface area (Å²) in [5, 5.41) is 0.935. The maximum atomic E-state index is 15.0. The van der Waals surface area contributed by atoms with E-state index < -0.39 is 57.7 Å². The highest BCUT2D eigenvalue weighted by molar-refractivity contribution is 7.15. The second-order valence-corrected chi connectivity index (χ2v) is 8.08. The molecule has 16 heteroatoms. The molecule has 1 aromatic heterocycles. The zero-order valence-electron chi connectivity index (χ0n) is 16.8. The Hall–Kier alpha value is -2.91. The number of carbonyl (C=O) groups is 2. The van der Waals surface area contributed by atoms with Crippen LogP contribution in [-0.4, -0.2) is 54.3 Å². The molecule has 0 unspecified atom stereocenters.